The summed E-state index contributed by atoms with van der Waals surface area (Å²) in [5, 5.41) is 9.28. The Morgan fingerprint density at radius 3 is 2.47 bits per heavy atom. The van der Waals surface area contributed by atoms with Crippen LogP contribution in [0.1, 0.15) is 17.1 Å². The highest BCUT2D eigenvalue weighted by atomic mass is 32.2. The summed E-state index contributed by atoms with van der Waals surface area (Å²) >= 11 is 1.47. The van der Waals surface area contributed by atoms with Crippen molar-refractivity contribution >= 4 is 17.7 Å². The number of hydrogen-bond acceptors (Lipinski definition) is 6. The van der Waals surface area contributed by atoms with Crippen molar-refractivity contribution < 1.29 is 4.79 Å². The van der Waals surface area contributed by atoms with E-state index in [1.807, 2.05) is 54.4 Å². The molecule has 0 bridgehead atoms. The molecule has 0 unspecified atom stereocenters. The lowest BCUT2D eigenvalue weighted by Gasteiger charge is -2.34. The van der Waals surface area contributed by atoms with E-state index in [4.69, 9.17) is 0 Å². The minimum Gasteiger partial charge on any atom is -0.339 e. The fourth-order valence-corrected chi connectivity index (χ4v) is 4.40. The summed E-state index contributed by atoms with van der Waals surface area (Å²) in [7, 11) is 0. The number of amides is 1. The van der Waals surface area contributed by atoms with Gasteiger partial charge in [0.2, 0.25) is 5.91 Å². The largest absolute Gasteiger partial charge is 0.339 e. The molecule has 30 heavy (non-hydrogen) atoms. The molecular formula is C22H26N6OS. The number of aryl methyl sites for hydroxylation is 1. The lowest BCUT2D eigenvalue weighted by atomic mass is 10.2. The maximum atomic E-state index is 12.7. The predicted molar refractivity (Wildman–Crippen MR) is 117 cm³/mol. The zero-order chi connectivity index (χ0) is 20.8. The van der Waals surface area contributed by atoms with E-state index in [9.17, 15) is 4.79 Å². The quantitative estimate of drug-likeness (QED) is 0.545. The Balaban J connectivity index is 1.27. The summed E-state index contributed by atoms with van der Waals surface area (Å²) in [5.41, 5.74) is 2.26. The molecule has 3 heterocycles. The van der Waals surface area contributed by atoms with Crippen LogP contribution < -0.4 is 0 Å². The summed E-state index contributed by atoms with van der Waals surface area (Å²) < 4.78 is 2.07. The van der Waals surface area contributed by atoms with Crippen LogP contribution in [0.4, 0.5) is 0 Å². The van der Waals surface area contributed by atoms with Gasteiger partial charge in [0.1, 0.15) is 5.82 Å². The molecule has 0 atom stereocenters. The molecule has 0 N–H and O–H groups in total. The van der Waals surface area contributed by atoms with Crippen molar-refractivity contribution in [3.8, 4) is 0 Å². The Morgan fingerprint density at radius 1 is 0.967 bits per heavy atom. The summed E-state index contributed by atoms with van der Waals surface area (Å²) in [6.07, 6.45) is 1.82. The van der Waals surface area contributed by atoms with E-state index < -0.39 is 0 Å². The summed E-state index contributed by atoms with van der Waals surface area (Å²) in [4.78, 5) is 21.4. The topological polar surface area (TPSA) is 67.2 Å². The van der Waals surface area contributed by atoms with Crippen molar-refractivity contribution in [1.29, 1.82) is 0 Å². The Labute approximate surface area is 181 Å². The van der Waals surface area contributed by atoms with Gasteiger partial charge in [0, 0.05) is 38.9 Å². The van der Waals surface area contributed by atoms with Crippen molar-refractivity contribution in [3.63, 3.8) is 0 Å². The fourth-order valence-electron chi connectivity index (χ4n) is 3.51. The SMILES string of the molecule is Cc1nnc(SCC(=O)N2CCN(Cc3ccccn3)CC2)n1Cc1ccccc1. The first kappa shape index (κ1) is 20.6. The van der Waals surface area contributed by atoms with Gasteiger partial charge in [-0.05, 0) is 24.6 Å². The first-order valence-electron chi connectivity index (χ1n) is 10.2. The minimum absolute atomic E-state index is 0.157. The van der Waals surface area contributed by atoms with Crippen molar-refractivity contribution in [3.05, 3.63) is 71.8 Å². The molecule has 0 spiro atoms. The third-order valence-corrected chi connectivity index (χ3v) is 6.20. The number of thioether (sulfide) groups is 1. The Kier molecular flexibility index (Phi) is 6.76. The molecule has 4 rings (SSSR count). The van der Waals surface area contributed by atoms with Gasteiger partial charge in [-0.1, -0.05) is 48.2 Å². The van der Waals surface area contributed by atoms with E-state index in [1.165, 1.54) is 17.3 Å². The highest BCUT2D eigenvalue weighted by Crippen LogP contribution is 2.19. The van der Waals surface area contributed by atoms with Crippen molar-refractivity contribution in [1.82, 2.24) is 29.5 Å². The molecule has 8 heteroatoms. The second-order valence-electron chi connectivity index (χ2n) is 7.37. The lowest BCUT2D eigenvalue weighted by molar-refractivity contribution is -0.130. The second-order valence-corrected chi connectivity index (χ2v) is 8.31. The van der Waals surface area contributed by atoms with Crippen LogP contribution in [0.15, 0.2) is 59.9 Å². The van der Waals surface area contributed by atoms with Crippen LogP contribution >= 0.6 is 11.8 Å². The van der Waals surface area contributed by atoms with Gasteiger partial charge in [0.05, 0.1) is 18.0 Å². The molecule has 1 saturated heterocycles. The number of pyridine rings is 1. The highest BCUT2D eigenvalue weighted by molar-refractivity contribution is 7.99. The van der Waals surface area contributed by atoms with Crippen LogP contribution in [-0.2, 0) is 17.9 Å². The molecule has 1 fully saturated rings. The number of nitrogens with zero attached hydrogens (tertiary/aromatic N) is 6. The molecule has 1 aliphatic rings. The molecule has 0 radical (unpaired) electrons. The molecule has 1 amide bonds. The van der Waals surface area contributed by atoms with Crippen LogP contribution in [0, 0.1) is 6.92 Å². The van der Waals surface area contributed by atoms with Gasteiger partial charge in [0.15, 0.2) is 5.16 Å². The third-order valence-electron chi connectivity index (χ3n) is 5.25. The molecule has 0 aliphatic carbocycles. The van der Waals surface area contributed by atoms with E-state index in [0.717, 1.165) is 49.4 Å². The van der Waals surface area contributed by atoms with E-state index in [2.05, 4.69) is 36.8 Å². The second kappa shape index (κ2) is 9.86. The molecule has 3 aromatic rings. The van der Waals surface area contributed by atoms with Gasteiger partial charge in [0.25, 0.3) is 0 Å². The van der Waals surface area contributed by atoms with Crippen LogP contribution in [0.25, 0.3) is 0 Å². The van der Waals surface area contributed by atoms with Gasteiger partial charge in [-0.25, -0.2) is 0 Å². The number of piperazine rings is 1. The fraction of sp³-hybridized carbons (Fsp3) is 0.364. The molecule has 0 saturated carbocycles. The Morgan fingerprint density at radius 2 is 1.73 bits per heavy atom. The molecule has 2 aromatic heterocycles. The van der Waals surface area contributed by atoms with Gasteiger partial charge < -0.3 is 9.47 Å². The smallest absolute Gasteiger partial charge is 0.233 e. The predicted octanol–water partition coefficient (Wildman–Crippen LogP) is 2.47. The first-order chi connectivity index (χ1) is 14.7. The number of rotatable bonds is 7. The van der Waals surface area contributed by atoms with Gasteiger partial charge in [-0.3, -0.25) is 14.7 Å². The average Bonchev–Trinajstić information content (AvgIpc) is 3.13. The maximum absolute atomic E-state index is 12.7. The van der Waals surface area contributed by atoms with Crippen molar-refractivity contribution in [2.75, 3.05) is 31.9 Å². The van der Waals surface area contributed by atoms with Crippen LogP contribution in [-0.4, -0.2) is 67.4 Å². The highest BCUT2D eigenvalue weighted by Gasteiger charge is 2.22. The summed E-state index contributed by atoms with van der Waals surface area (Å²) in [5.74, 6) is 1.40. The van der Waals surface area contributed by atoms with Crippen molar-refractivity contribution in [2.45, 2.75) is 25.2 Å². The maximum Gasteiger partial charge on any atom is 0.233 e. The molecule has 7 nitrogen and oxygen atoms in total. The first-order valence-corrected chi connectivity index (χ1v) is 11.1. The van der Waals surface area contributed by atoms with Crippen LogP contribution in [0.3, 0.4) is 0 Å². The average molecular weight is 423 g/mol. The van der Waals surface area contributed by atoms with Crippen LogP contribution in [0.2, 0.25) is 0 Å². The van der Waals surface area contributed by atoms with Crippen LogP contribution in [0.5, 0.6) is 0 Å². The standard InChI is InChI=1S/C22H26N6OS/c1-18-24-25-22(28(18)15-19-7-3-2-4-8-19)30-17-21(29)27-13-11-26(12-14-27)16-20-9-5-6-10-23-20/h2-10H,11-17H2,1H3. The number of aromatic nitrogens is 4. The van der Waals surface area contributed by atoms with Gasteiger partial charge in [-0.15, -0.1) is 10.2 Å². The zero-order valence-corrected chi connectivity index (χ0v) is 18.0. The zero-order valence-electron chi connectivity index (χ0n) is 17.1. The monoisotopic (exact) mass is 422 g/mol. The molecule has 1 aliphatic heterocycles. The number of hydrogen-bond donors (Lipinski definition) is 0. The van der Waals surface area contributed by atoms with E-state index in [0.29, 0.717) is 12.3 Å². The molecule has 1 aromatic carbocycles. The summed E-state index contributed by atoms with van der Waals surface area (Å²) in [6, 6.07) is 16.2. The molecular weight excluding hydrogens is 396 g/mol. The molecule has 156 valence electrons. The van der Waals surface area contributed by atoms with E-state index in [-0.39, 0.29) is 5.91 Å². The number of benzene rings is 1. The Hall–Kier alpha value is -2.71. The van der Waals surface area contributed by atoms with Crippen molar-refractivity contribution in [2.24, 2.45) is 0 Å². The normalized spacial score (nSPS) is 14.8. The summed E-state index contributed by atoms with van der Waals surface area (Å²) in [6.45, 7) is 6.74. The number of carbonyl (C=O) groups excluding carboxylic acids is 1. The van der Waals surface area contributed by atoms with E-state index >= 15 is 0 Å². The Bertz CT molecular complexity index is 954. The lowest BCUT2D eigenvalue weighted by Crippen LogP contribution is -2.48. The number of carbonyl (C=O) groups is 1. The van der Waals surface area contributed by atoms with E-state index in [1.54, 1.807) is 0 Å². The van der Waals surface area contributed by atoms with Gasteiger partial charge >= 0.3 is 0 Å². The van der Waals surface area contributed by atoms with Gasteiger partial charge in [-0.2, -0.15) is 0 Å². The third kappa shape index (κ3) is 5.25. The minimum atomic E-state index is 0.157.